The minimum atomic E-state index is -0.0160. The maximum atomic E-state index is 11.6. The van der Waals surface area contributed by atoms with Crippen LogP contribution >= 0.6 is 0 Å². The van der Waals surface area contributed by atoms with Crippen molar-refractivity contribution in [1.82, 2.24) is 15.5 Å². The summed E-state index contributed by atoms with van der Waals surface area (Å²) in [5.74, 6) is 2.09. The molecule has 124 valence electrons. The van der Waals surface area contributed by atoms with Gasteiger partial charge in [0.05, 0.1) is 14.2 Å². The molecule has 2 rings (SSSR count). The average Bonchev–Trinajstić information content (AvgIpc) is 3.06. The first-order valence-corrected chi connectivity index (χ1v) is 7.49. The first-order valence-electron chi connectivity index (χ1n) is 7.49. The Hall–Kier alpha value is -2.57. The predicted octanol–water partition coefficient (Wildman–Crippen LogP) is 2.21. The van der Waals surface area contributed by atoms with E-state index >= 15 is 0 Å². The largest absolute Gasteiger partial charge is 0.493 e. The zero-order valence-corrected chi connectivity index (χ0v) is 13.6. The number of hydrogen-bond acceptors (Lipinski definition) is 6. The molecule has 7 heteroatoms. The van der Waals surface area contributed by atoms with Gasteiger partial charge in [0.2, 0.25) is 17.6 Å². The summed E-state index contributed by atoms with van der Waals surface area (Å²) < 4.78 is 15.6. The number of nitrogens with one attached hydrogen (secondary N) is 1. The van der Waals surface area contributed by atoms with Gasteiger partial charge in [-0.1, -0.05) is 12.1 Å². The standard InChI is InChI=1S/C16H21N3O4/c1-4-9-17-14(20)7-8-15-18-16(19-23-15)11-5-6-12(21-2)13(10-11)22-3/h5-6,10H,4,7-9H2,1-3H3,(H,17,20). The number of hydrogen-bond donors (Lipinski definition) is 1. The Labute approximate surface area is 135 Å². The van der Waals surface area contributed by atoms with Crippen LogP contribution in [0.5, 0.6) is 11.5 Å². The van der Waals surface area contributed by atoms with Crippen LogP contribution in [0.3, 0.4) is 0 Å². The number of benzene rings is 1. The van der Waals surface area contributed by atoms with Crippen molar-refractivity contribution in [3.8, 4) is 22.9 Å². The summed E-state index contributed by atoms with van der Waals surface area (Å²) in [5.41, 5.74) is 0.757. The van der Waals surface area contributed by atoms with E-state index in [0.717, 1.165) is 12.0 Å². The highest BCUT2D eigenvalue weighted by molar-refractivity contribution is 5.76. The molecule has 2 aromatic rings. The lowest BCUT2D eigenvalue weighted by molar-refractivity contribution is -0.121. The van der Waals surface area contributed by atoms with Gasteiger partial charge >= 0.3 is 0 Å². The first-order chi connectivity index (χ1) is 11.2. The molecule has 0 aliphatic carbocycles. The minimum absolute atomic E-state index is 0.0160. The summed E-state index contributed by atoms with van der Waals surface area (Å²) in [5, 5.41) is 6.75. The highest BCUT2D eigenvalue weighted by Gasteiger charge is 2.13. The van der Waals surface area contributed by atoms with E-state index in [-0.39, 0.29) is 5.91 Å². The lowest BCUT2D eigenvalue weighted by atomic mass is 10.2. The summed E-state index contributed by atoms with van der Waals surface area (Å²) >= 11 is 0. The van der Waals surface area contributed by atoms with Crippen molar-refractivity contribution in [3.05, 3.63) is 24.1 Å². The summed E-state index contributed by atoms with van der Waals surface area (Å²) in [6.07, 6.45) is 1.65. The van der Waals surface area contributed by atoms with E-state index in [0.29, 0.717) is 42.6 Å². The van der Waals surface area contributed by atoms with Crippen molar-refractivity contribution in [3.63, 3.8) is 0 Å². The molecule has 1 amide bonds. The molecule has 0 saturated heterocycles. The third-order valence-corrected chi connectivity index (χ3v) is 3.25. The zero-order valence-electron chi connectivity index (χ0n) is 13.6. The summed E-state index contributed by atoms with van der Waals surface area (Å²) in [6.45, 7) is 2.69. The van der Waals surface area contributed by atoms with Crippen LogP contribution < -0.4 is 14.8 Å². The van der Waals surface area contributed by atoms with Crippen molar-refractivity contribution >= 4 is 5.91 Å². The van der Waals surface area contributed by atoms with E-state index in [1.165, 1.54) is 0 Å². The lowest BCUT2D eigenvalue weighted by Gasteiger charge is -2.07. The van der Waals surface area contributed by atoms with Crippen LogP contribution in [0.4, 0.5) is 0 Å². The Morgan fingerprint density at radius 1 is 1.26 bits per heavy atom. The molecular formula is C16H21N3O4. The molecule has 1 N–H and O–H groups in total. The van der Waals surface area contributed by atoms with Crippen LogP contribution in [-0.4, -0.2) is 36.8 Å². The second-order valence-electron chi connectivity index (χ2n) is 4.93. The summed E-state index contributed by atoms with van der Waals surface area (Å²) in [7, 11) is 3.14. The van der Waals surface area contributed by atoms with E-state index in [2.05, 4.69) is 15.5 Å². The number of aryl methyl sites for hydroxylation is 1. The quantitative estimate of drug-likeness (QED) is 0.803. The fourth-order valence-corrected chi connectivity index (χ4v) is 2.02. The van der Waals surface area contributed by atoms with Gasteiger partial charge in [0.25, 0.3) is 0 Å². The maximum absolute atomic E-state index is 11.6. The molecule has 0 aliphatic heterocycles. The SMILES string of the molecule is CCCNC(=O)CCc1nc(-c2ccc(OC)c(OC)c2)no1. The summed E-state index contributed by atoms with van der Waals surface area (Å²) in [6, 6.07) is 5.38. The van der Waals surface area contributed by atoms with Gasteiger partial charge in [-0.05, 0) is 24.6 Å². The highest BCUT2D eigenvalue weighted by atomic mass is 16.5. The fourth-order valence-electron chi connectivity index (χ4n) is 2.02. The molecule has 0 unspecified atom stereocenters. The highest BCUT2D eigenvalue weighted by Crippen LogP contribution is 2.31. The van der Waals surface area contributed by atoms with E-state index in [4.69, 9.17) is 14.0 Å². The lowest BCUT2D eigenvalue weighted by Crippen LogP contribution is -2.24. The molecule has 0 radical (unpaired) electrons. The van der Waals surface area contributed by atoms with Crippen molar-refractivity contribution in [2.24, 2.45) is 0 Å². The van der Waals surface area contributed by atoms with Gasteiger partial charge in [-0.2, -0.15) is 4.98 Å². The number of methoxy groups -OCH3 is 2. The van der Waals surface area contributed by atoms with Crippen LogP contribution in [0.1, 0.15) is 25.7 Å². The van der Waals surface area contributed by atoms with E-state index in [9.17, 15) is 4.79 Å². The van der Waals surface area contributed by atoms with Crippen molar-refractivity contribution < 1.29 is 18.8 Å². The van der Waals surface area contributed by atoms with Crippen LogP contribution in [0, 0.1) is 0 Å². The first kappa shape index (κ1) is 16.8. The van der Waals surface area contributed by atoms with Crippen molar-refractivity contribution in [2.45, 2.75) is 26.2 Å². The number of amides is 1. The molecule has 1 heterocycles. The van der Waals surface area contributed by atoms with Gasteiger partial charge < -0.3 is 19.3 Å². The molecular weight excluding hydrogens is 298 g/mol. The molecule has 0 spiro atoms. The third kappa shape index (κ3) is 4.45. The Bertz CT molecular complexity index is 655. The van der Waals surface area contributed by atoms with E-state index in [1.54, 1.807) is 26.4 Å². The molecule has 1 aromatic carbocycles. The van der Waals surface area contributed by atoms with Crippen molar-refractivity contribution in [2.75, 3.05) is 20.8 Å². The number of aromatic nitrogens is 2. The predicted molar refractivity (Wildman–Crippen MR) is 84.5 cm³/mol. The number of rotatable bonds is 8. The number of carbonyl (C=O) groups is 1. The molecule has 1 aromatic heterocycles. The van der Waals surface area contributed by atoms with Gasteiger partial charge in [-0.15, -0.1) is 0 Å². The smallest absolute Gasteiger partial charge is 0.227 e. The number of carbonyl (C=O) groups excluding carboxylic acids is 1. The molecule has 7 nitrogen and oxygen atoms in total. The van der Waals surface area contributed by atoms with Gasteiger partial charge in [-0.25, -0.2) is 0 Å². The molecule has 0 atom stereocenters. The van der Waals surface area contributed by atoms with Gasteiger partial charge in [0.1, 0.15) is 0 Å². The molecule has 0 aliphatic rings. The van der Waals surface area contributed by atoms with Gasteiger partial charge in [0.15, 0.2) is 11.5 Å². The molecule has 0 bridgehead atoms. The maximum Gasteiger partial charge on any atom is 0.227 e. The molecule has 0 fully saturated rings. The Morgan fingerprint density at radius 2 is 2.04 bits per heavy atom. The summed E-state index contributed by atoms with van der Waals surface area (Å²) in [4.78, 5) is 15.9. The Balaban J connectivity index is 2.03. The molecule has 23 heavy (non-hydrogen) atoms. The zero-order chi connectivity index (χ0) is 16.7. The second kappa shape index (κ2) is 8.17. The minimum Gasteiger partial charge on any atom is -0.493 e. The fraction of sp³-hybridized carbons (Fsp3) is 0.438. The molecule has 0 saturated carbocycles. The van der Waals surface area contributed by atoms with Crippen molar-refractivity contribution in [1.29, 1.82) is 0 Å². The Morgan fingerprint density at radius 3 is 2.74 bits per heavy atom. The van der Waals surface area contributed by atoms with Gasteiger partial charge in [-0.3, -0.25) is 4.79 Å². The monoisotopic (exact) mass is 319 g/mol. The number of nitrogens with zero attached hydrogens (tertiary/aromatic N) is 2. The normalized spacial score (nSPS) is 10.4. The average molecular weight is 319 g/mol. The van der Waals surface area contributed by atoms with E-state index < -0.39 is 0 Å². The Kier molecular flexibility index (Phi) is 5.96. The third-order valence-electron chi connectivity index (χ3n) is 3.25. The van der Waals surface area contributed by atoms with Crippen LogP contribution in [0.25, 0.3) is 11.4 Å². The van der Waals surface area contributed by atoms with Crippen LogP contribution in [0.2, 0.25) is 0 Å². The topological polar surface area (TPSA) is 86.5 Å². The van der Waals surface area contributed by atoms with E-state index in [1.807, 2.05) is 13.0 Å². The van der Waals surface area contributed by atoms with Gasteiger partial charge in [0, 0.05) is 24.9 Å². The van der Waals surface area contributed by atoms with Crippen LogP contribution in [0.15, 0.2) is 22.7 Å². The number of ether oxygens (including phenoxy) is 2. The second-order valence-corrected chi connectivity index (χ2v) is 4.93. The van der Waals surface area contributed by atoms with Crippen LogP contribution in [-0.2, 0) is 11.2 Å².